The van der Waals surface area contributed by atoms with Gasteiger partial charge < -0.3 is 5.32 Å². The molecule has 2 aromatic rings. The average Bonchev–Trinajstić information content (AvgIpc) is 2.72. The van der Waals surface area contributed by atoms with Crippen LogP contribution in [0.1, 0.15) is 27.8 Å². The first-order chi connectivity index (χ1) is 14.6. The van der Waals surface area contributed by atoms with Gasteiger partial charge in [0, 0.05) is 37.7 Å². The third kappa shape index (κ3) is 5.29. The molecule has 0 atom stereocenters. The number of nitrogens with zero attached hydrogens (tertiary/aromatic N) is 2. The zero-order valence-electron chi connectivity index (χ0n) is 18.5. The molecule has 1 fully saturated rings. The Morgan fingerprint density at radius 2 is 1.58 bits per heavy atom. The van der Waals surface area contributed by atoms with Crippen molar-refractivity contribution in [3.8, 4) is 0 Å². The summed E-state index contributed by atoms with van der Waals surface area (Å²) in [6.45, 7) is 10.0. The van der Waals surface area contributed by atoms with Crippen molar-refractivity contribution in [1.82, 2.24) is 14.5 Å². The standard InChI is InChI=1S/C23H30ClN3O3S/c1-16-13-17(2)19(4)23(18(16)3)31(29,30)27-11-9-26(10-12-27)15-22(28)25-14-20-7-5-6-8-21(20)24/h5-8,13H,9-12,14-15H2,1-4H3,(H,25,28). The minimum absolute atomic E-state index is 0.0998. The van der Waals surface area contributed by atoms with Gasteiger partial charge in [-0.15, -0.1) is 0 Å². The number of sulfonamides is 1. The number of carbonyl (C=O) groups excluding carboxylic acids is 1. The smallest absolute Gasteiger partial charge is 0.243 e. The van der Waals surface area contributed by atoms with Crippen LogP contribution in [-0.2, 0) is 21.4 Å². The molecule has 6 nitrogen and oxygen atoms in total. The number of amides is 1. The molecule has 1 N–H and O–H groups in total. The summed E-state index contributed by atoms with van der Waals surface area (Å²) >= 11 is 6.13. The highest BCUT2D eigenvalue weighted by Crippen LogP contribution is 2.29. The Labute approximate surface area is 190 Å². The van der Waals surface area contributed by atoms with E-state index in [-0.39, 0.29) is 12.5 Å². The van der Waals surface area contributed by atoms with Crippen LogP contribution < -0.4 is 5.32 Å². The lowest BCUT2D eigenvalue weighted by molar-refractivity contribution is -0.122. The van der Waals surface area contributed by atoms with E-state index in [1.807, 2.05) is 56.9 Å². The Kier molecular flexibility index (Phi) is 7.42. The number of rotatable bonds is 6. The fraction of sp³-hybridized carbons (Fsp3) is 0.435. The van der Waals surface area contributed by atoms with Gasteiger partial charge in [0.05, 0.1) is 11.4 Å². The van der Waals surface area contributed by atoms with Crippen molar-refractivity contribution < 1.29 is 13.2 Å². The van der Waals surface area contributed by atoms with Crippen LogP contribution in [0.3, 0.4) is 0 Å². The lowest BCUT2D eigenvalue weighted by atomic mass is 10.0. The molecule has 1 aliphatic rings. The molecule has 1 saturated heterocycles. The summed E-state index contributed by atoms with van der Waals surface area (Å²) in [6, 6.07) is 9.43. The molecule has 0 radical (unpaired) electrons. The second kappa shape index (κ2) is 9.69. The van der Waals surface area contributed by atoms with Crippen molar-refractivity contribution in [2.24, 2.45) is 0 Å². The van der Waals surface area contributed by atoms with Gasteiger partial charge in [-0.1, -0.05) is 35.9 Å². The molecule has 8 heteroatoms. The van der Waals surface area contributed by atoms with E-state index in [0.29, 0.717) is 42.6 Å². The summed E-state index contributed by atoms with van der Waals surface area (Å²) in [6.07, 6.45) is 0. The summed E-state index contributed by atoms with van der Waals surface area (Å²) in [5.41, 5.74) is 4.45. The van der Waals surface area contributed by atoms with Gasteiger partial charge in [-0.05, 0) is 61.6 Å². The maximum absolute atomic E-state index is 13.4. The molecular formula is C23H30ClN3O3S. The quantitative estimate of drug-likeness (QED) is 0.714. The maximum Gasteiger partial charge on any atom is 0.243 e. The lowest BCUT2D eigenvalue weighted by Gasteiger charge is -2.34. The van der Waals surface area contributed by atoms with E-state index >= 15 is 0 Å². The normalized spacial score (nSPS) is 15.8. The predicted octanol–water partition coefficient (Wildman–Crippen LogP) is 3.20. The summed E-state index contributed by atoms with van der Waals surface area (Å²) in [7, 11) is -3.58. The molecule has 0 aliphatic carbocycles. The molecule has 3 rings (SSSR count). The highest BCUT2D eigenvalue weighted by Gasteiger charge is 2.32. The largest absolute Gasteiger partial charge is 0.351 e. The molecule has 0 unspecified atom stereocenters. The van der Waals surface area contributed by atoms with Crippen molar-refractivity contribution in [3.05, 3.63) is 63.2 Å². The summed E-state index contributed by atoms with van der Waals surface area (Å²) in [5.74, 6) is -0.0998. The zero-order chi connectivity index (χ0) is 22.8. The third-order valence-electron chi connectivity index (χ3n) is 6.03. The fourth-order valence-corrected chi connectivity index (χ4v) is 6.12. The van der Waals surface area contributed by atoms with Crippen LogP contribution in [0.4, 0.5) is 0 Å². The van der Waals surface area contributed by atoms with E-state index in [2.05, 4.69) is 5.32 Å². The molecular weight excluding hydrogens is 434 g/mol. The number of carbonyl (C=O) groups is 1. The van der Waals surface area contributed by atoms with E-state index in [4.69, 9.17) is 11.6 Å². The molecule has 0 aromatic heterocycles. The fourth-order valence-electron chi connectivity index (χ4n) is 3.92. The molecule has 1 amide bonds. The maximum atomic E-state index is 13.4. The van der Waals surface area contributed by atoms with E-state index in [0.717, 1.165) is 27.8 Å². The van der Waals surface area contributed by atoms with Gasteiger partial charge >= 0.3 is 0 Å². The first kappa shape index (κ1) is 23.7. The van der Waals surface area contributed by atoms with Crippen LogP contribution in [0.5, 0.6) is 0 Å². The lowest BCUT2D eigenvalue weighted by Crippen LogP contribution is -2.51. The van der Waals surface area contributed by atoms with Gasteiger partial charge in [-0.2, -0.15) is 4.31 Å². The first-order valence-corrected chi connectivity index (χ1v) is 12.2. The first-order valence-electron chi connectivity index (χ1n) is 10.4. The minimum atomic E-state index is -3.58. The van der Waals surface area contributed by atoms with E-state index in [1.54, 1.807) is 10.4 Å². The van der Waals surface area contributed by atoms with Gasteiger partial charge in [-0.25, -0.2) is 8.42 Å². The molecule has 2 aromatic carbocycles. The minimum Gasteiger partial charge on any atom is -0.351 e. The van der Waals surface area contributed by atoms with Crippen LogP contribution in [0, 0.1) is 27.7 Å². The van der Waals surface area contributed by atoms with Crippen molar-refractivity contribution in [2.75, 3.05) is 32.7 Å². The predicted molar refractivity (Wildman–Crippen MR) is 124 cm³/mol. The molecule has 1 heterocycles. The number of hydrogen-bond donors (Lipinski definition) is 1. The van der Waals surface area contributed by atoms with E-state index in [9.17, 15) is 13.2 Å². The topological polar surface area (TPSA) is 69.7 Å². The second-order valence-electron chi connectivity index (χ2n) is 8.14. The Balaban J connectivity index is 1.59. The molecule has 0 bridgehead atoms. The van der Waals surface area contributed by atoms with E-state index < -0.39 is 10.0 Å². The third-order valence-corrected chi connectivity index (χ3v) is 8.57. The summed E-state index contributed by atoms with van der Waals surface area (Å²) in [5, 5.41) is 3.51. The second-order valence-corrected chi connectivity index (χ2v) is 10.4. The molecule has 1 aliphatic heterocycles. The monoisotopic (exact) mass is 463 g/mol. The highest BCUT2D eigenvalue weighted by molar-refractivity contribution is 7.89. The van der Waals surface area contributed by atoms with Gasteiger partial charge in [0.25, 0.3) is 0 Å². The van der Waals surface area contributed by atoms with Gasteiger partial charge in [0.2, 0.25) is 15.9 Å². The Morgan fingerprint density at radius 1 is 1.00 bits per heavy atom. The van der Waals surface area contributed by atoms with E-state index in [1.165, 1.54) is 0 Å². The molecule has 0 spiro atoms. The van der Waals surface area contributed by atoms with Crippen LogP contribution in [-0.4, -0.2) is 56.3 Å². The van der Waals surface area contributed by atoms with Crippen molar-refractivity contribution >= 4 is 27.5 Å². The van der Waals surface area contributed by atoms with Gasteiger partial charge in [-0.3, -0.25) is 9.69 Å². The summed E-state index contributed by atoms with van der Waals surface area (Å²) < 4.78 is 28.3. The Bertz CT molecular complexity index is 1050. The van der Waals surface area contributed by atoms with Gasteiger partial charge in [0.1, 0.15) is 0 Å². The number of piperazine rings is 1. The van der Waals surface area contributed by atoms with Crippen LogP contribution >= 0.6 is 11.6 Å². The zero-order valence-corrected chi connectivity index (χ0v) is 20.1. The van der Waals surface area contributed by atoms with Crippen molar-refractivity contribution in [1.29, 1.82) is 0 Å². The van der Waals surface area contributed by atoms with Crippen molar-refractivity contribution in [2.45, 2.75) is 39.1 Å². The van der Waals surface area contributed by atoms with Crippen LogP contribution in [0.25, 0.3) is 0 Å². The number of nitrogens with one attached hydrogen (secondary N) is 1. The molecule has 31 heavy (non-hydrogen) atoms. The SMILES string of the molecule is Cc1cc(C)c(C)c(S(=O)(=O)N2CCN(CC(=O)NCc3ccccc3Cl)CC2)c1C. The van der Waals surface area contributed by atoms with Crippen molar-refractivity contribution in [3.63, 3.8) is 0 Å². The van der Waals surface area contributed by atoms with Gasteiger partial charge in [0.15, 0.2) is 0 Å². The average molecular weight is 464 g/mol. The summed E-state index contributed by atoms with van der Waals surface area (Å²) in [4.78, 5) is 14.7. The Morgan fingerprint density at radius 3 is 2.16 bits per heavy atom. The molecule has 0 saturated carbocycles. The molecule has 168 valence electrons. The van der Waals surface area contributed by atoms with Crippen LogP contribution in [0.15, 0.2) is 35.2 Å². The highest BCUT2D eigenvalue weighted by atomic mass is 35.5. The van der Waals surface area contributed by atoms with Crippen LogP contribution in [0.2, 0.25) is 5.02 Å². The Hall–Kier alpha value is -1.93. The number of hydrogen-bond acceptors (Lipinski definition) is 4. The number of halogens is 1. The number of benzene rings is 2. The number of aryl methyl sites for hydroxylation is 2.